The molecule has 1 heterocycles. The Morgan fingerprint density at radius 1 is 1.24 bits per heavy atom. The van der Waals surface area contributed by atoms with Crippen LogP contribution in [0, 0.1) is 11.3 Å². The maximum atomic E-state index is 12.4. The second-order valence-electron chi connectivity index (χ2n) is 3.42. The third kappa shape index (κ3) is 1.99. The fourth-order valence-electron chi connectivity index (χ4n) is 1.46. The van der Waals surface area contributed by atoms with Crippen molar-refractivity contribution in [2.45, 2.75) is 6.18 Å². The number of nitriles is 1. The number of fused-ring (bicyclic) bond motifs is 1. The highest BCUT2D eigenvalue weighted by molar-refractivity contribution is 5.80. The predicted octanol–water partition coefficient (Wildman–Crippen LogP) is 2.42. The maximum absolute atomic E-state index is 12.4. The molecule has 1 aromatic carbocycles. The highest BCUT2D eigenvalue weighted by Crippen LogP contribution is 2.30. The van der Waals surface area contributed by atoms with Crippen molar-refractivity contribution in [3.05, 3.63) is 45.7 Å². The molecule has 1 aromatic heterocycles. The normalized spacial score (nSPS) is 11.4. The summed E-state index contributed by atoms with van der Waals surface area (Å²) in [7, 11) is 0. The first kappa shape index (κ1) is 11.2. The topological polar surface area (TPSA) is 56.6 Å². The molecular formula is C11H5F3N2O. The highest BCUT2D eigenvalue weighted by atomic mass is 19.4. The Morgan fingerprint density at radius 2 is 1.94 bits per heavy atom. The smallest absolute Gasteiger partial charge is 0.321 e. The largest absolute Gasteiger partial charge is 0.416 e. The first-order valence-electron chi connectivity index (χ1n) is 4.56. The third-order valence-electron chi connectivity index (χ3n) is 2.29. The van der Waals surface area contributed by atoms with Crippen LogP contribution >= 0.6 is 0 Å². The van der Waals surface area contributed by atoms with Crippen molar-refractivity contribution in [1.29, 1.82) is 5.26 Å². The number of aromatic amines is 1. The molecule has 0 spiro atoms. The molecule has 2 aromatic rings. The van der Waals surface area contributed by atoms with Crippen LogP contribution in [-0.2, 0) is 6.18 Å². The Balaban J connectivity index is 2.73. The van der Waals surface area contributed by atoms with Crippen LogP contribution in [0.4, 0.5) is 13.2 Å². The fourth-order valence-corrected chi connectivity index (χ4v) is 1.46. The van der Waals surface area contributed by atoms with Crippen molar-refractivity contribution in [2.24, 2.45) is 0 Å². The molecule has 0 aliphatic carbocycles. The minimum Gasteiger partial charge on any atom is -0.321 e. The molecule has 0 unspecified atom stereocenters. The van der Waals surface area contributed by atoms with E-state index in [0.29, 0.717) is 5.39 Å². The molecule has 0 amide bonds. The highest BCUT2D eigenvalue weighted by Gasteiger charge is 2.30. The number of halogens is 3. The second kappa shape index (κ2) is 3.63. The van der Waals surface area contributed by atoms with E-state index in [1.54, 1.807) is 6.07 Å². The molecule has 0 atom stereocenters. The van der Waals surface area contributed by atoms with Crippen molar-refractivity contribution in [3.8, 4) is 6.07 Å². The molecule has 3 nitrogen and oxygen atoms in total. The minimum atomic E-state index is -4.46. The Kier molecular flexibility index (Phi) is 2.39. The molecule has 2 rings (SSSR count). The third-order valence-corrected chi connectivity index (χ3v) is 2.29. The second-order valence-corrected chi connectivity index (χ2v) is 3.42. The number of H-pyrrole nitrogens is 1. The number of alkyl halides is 3. The van der Waals surface area contributed by atoms with Gasteiger partial charge < -0.3 is 4.98 Å². The molecule has 0 saturated heterocycles. The average molecular weight is 238 g/mol. The summed E-state index contributed by atoms with van der Waals surface area (Å²) in [5, 5.41) is 9.00. The van der Waals surface area contributed by atoms with Gasteiger partial charge in [-0.05, 0) is 23.6 Å². The zero-order valence-electron chi connectivity index (χ0n) is 8.30. The first-order chi connectivity index (χ1) is 7.91. The number of nitrogens with one attached hydrogen (secondary N) is 1. The van der Waals surface area contributed by atoms with Crippen molar-refractivity contribution < 1.29 is 13.2 Å². The van der Waals surface area contributed by atoms with Gasteiger partial charge in [0, 0.05) is 5.52 Å². The SMILES string of the molecule is N#Cc1cc2ccc(C(F)(F)F)cc2[nH]c1=O. The average Bonchev–Trinajstić information content (AvgIpc) is 2.26. The van der Waals surface area contributed by atoms with E-state index < -0.39 is 17.3 Å². The van der Waals surface area contributed by atoms with E-state index in [4.69, 9.17) is 5.26 Å². The molecule has 0 fully saturated rings. The van der Waals surface area contributed by atoms with Crippen LogP contribution in [0.3, 0.4) is 0 Å². The molecule has 1 N–H and O–H groups in total. The maximum Gasteiger partial charge on any atom is 0.416 e. The lowest BCUT2D eigenvalue weighted by molar-refractivity contribution is -0.137. The molecule has 0 saturated carbocycles. The number of benzene rings is 1. The number of rotatable bonds is 0. The van der Waals surface area contributed by atoms with Crippen molar-refractivity contribution >= 4 is 10.9 Å². The van der Waals surface area contributed by atoms with Crippen LogP contribution in [0.5, 0.6) is 0 Å². The molecule has 0 aliphatic rings. The van der Waals surface area contributed by atoms with Gasteiger partial charge in [-0.15, -0.1) is 0 Å². The van der Waals surface area contributed by atoms with E-state index in [-0.39, 0.29) is 11.1 Å². The lowest BCUT2D eigenvalue weighted by atomic mass is 10.1. The van der Waals surface area contributed by atoms with Gasteiger partial charge in [-0.3, -0.25) is 4.79 Å². The van der Waals surface area contributed by atoms with Crippen LogP contribution in [0.15, 0.2) is 29.1 Å². The van der Waals surface area contributed by atoms with Crippen LogP contribution in [0.25, 0.3) is 10.9 Å². The molecule has 17 heavy (non-hydrogen) atoms. The molecule has 0 radical (unpaired) electrons. The number of hydrogen-bond acceptors (Lipinski definition) is 2. The van der Waals surface area contributed by atoms with Crippen molar-refractivity contribution in [2.75, 3.05) is 0 Å². The van der Waals surface area contributed by atoms with Crippen LogP contribution in [0.1, 0.15) is 11.1 Å². The van der Waals surface area contributed by atoms with Crippen LogP contribution < -0.4 is 5.56 Å². The number of nitrogens with zero attached hydrogens (tertiary/aromatic N) is 1. The van der Waals surface area contributed by atoms with Crippen LogP contribution in [-0.4, -0.2) is 4.98 Å². The van der Waals surface area contributed by atoms with Crippen LogP contribution in [0.2, 0.25) is 0 Å². The van der Waals surface area contributed by atoms with E-state index in [1.807, 2.05) is 0 Å². The summed E-state index contributed by atoms with van der Waals surface area (Å²) in [5.41, 5.74) is -1.61. The molecular weight excluding hydrogens is 233 g/mol. The zero-order chi connectivity index (χ0) is 12.6. The van der Waals surface area contributed by atoms with Gasteiger partial charge >= 0.3 is 6.18 Å². The molecule has 6 heteroatoms. The summed E-state index contributed by atoms with van der Waals surface area (Å²) in [6.45, 7) is 0. The molecule has 86 valence electrons. The van der Waals surface area contributed by atoms with Crippen molar-refractivity contribution in [1.82, 2.24) is 4.98 Å². The van der Waals surface area contributed by atoms with Gasteiger partial charge in [0.15, 0.2) is 0 Å². The Hall–Kier alpha value is -2.29. The first-order valence-corrected chi connectivity index (χ1v) is 4.56. The van der Waals surface area contributed by atoms with Gasteiger partial charge in [0.05, 0.1) is 5.56 Å². The summed E-state index contributed by atoms with van der Waals surface area (Å²) < 4.78 is 37.3. The van der Waals surface area contributed by atoms with Gasteiger partial charge in [0.2, 0.25) is 0 Å². The number of pyridine rings is 1. The number of aromatic nitrogens is 1. The summed E-state index contributed by atoms with van der Waals surface area (Å²) >= 11 is 0. The minimum absolute atomic E-state index is 0.0591. The van der Waals surface area contributed by atoms with E-state index in [2.05, 4.69) is 4.98 Å². The van der Waals surface area contributed by atoms with Gasteiger partial charge in [0.25, 0.3) is 5.56 Å². The lowest BCUT2D eigenvalue weighted by Gasteiger charge is -2.07. The summed E-state index contributed by atoms with van der Waals surface area (Å²) in [5.74, 6) is 0. The summed E-state index contributed by atoms with van der Waals surface area (Å²) in [6.07, 6.45) is -4.46. The Morgan fingerprint density at radius 3 is 2.53 bits per heavy atom. The monoisotopic (exact) mass is 238 g/mol. The van der Waals surface area contributed by atoms with Gasteiger partial charge in [-0.25, -0.2) is 0 Å². The Labute approximate surface area is 93.1 Å². The van der Waals surface area contributed by atoms with Gasteiger partial charge in [-0.1, -0.05) is 6.07 Å². The predicted molar refractivity (Wildman–Crippen MR) is 54.3 cm³/mol. The van der Waals surface area contributed by atoms with E-state index in [1.165, 1.54) is 12.1 Å². The standard InChI is InChI=1S/C11H5F3N2O/c12-11(13,14)8-2-1-6-3-7(5-15)10(17)16-9(6)4-8/h1-4H,(H,16,17). The fraction of sp³-hybridized carbons (Fsp3) is 0.0909. The Bertz CT molecular complexity index is 680. The molecule has 0 bridgehead atoms. The van der Waals surface area contributed by atoms with Crippen molar-refractivity contribution in [3.63, 3.8) is 0 Å². The molecule has 0 aliphatic heterocycles. The van der Waals surface area contributed by atoms with Gasteiger partial charge in [-0.2, -0.15) is 18.4 Å². The lowest BCUT2D eigenvalue weighted by Crippen LogP contribution is -2.10. The van der Waals surface area contributed by atoms with Gasteiger partial charge in [0.1, 0.15) is 11.6 Å². The van der Waals surface area contributed by atoms with E-state index in [0.717, 1.165) is 12.1 Å². The number of hydrogen-bond donors (Lipinski definition) is 1. The summed E-state index contributed by atoms with van der Waals surface area (Å²) in [6, 6.07) is 5.89. The summed E-state index contributed by atoms with van der Waals surface area (Å²) in [4.78, 5) is 13.5. The van der Waals surface area contributed by atoms with E-state index >= 15 is 0 Å². The van der Waals surface area contributed by atoms with E-state index in [9.17, 15) is 18.0 Å². The zero-order valence-corrected chi connectivity index (χ0v) is 8.30. The quantitative estimate of drug-likeness (QED) is 0.766.